The van der Waals surface area contributed by atoms with E-state index >= 15 is 0 Å². The molecule has 1 atom stereocenters. The second-order valence-electron chi connectivity index (χ2n) is 7.11. The molecule has 4 nitrogen and oxygen atoms in total. The molecule has 142 valence electrons. The van der Waals surface area contributed by atoms with Gasteiger partial charge in [0.05, 0.1) is 0 Å². The van der Waals surface area contributed by atoms with Crippen LogP contribution in [0.5, 0.6) is 0 Å². The number of nitrogens with zero attached hydrogens (tertiary/aromatic N) is 1. The summed E-state index contributed by atoms with van der Waals surface area (Å²) < 4.78 is 13.0. The van der Waals surface area contributed by atoms with Gasteiger partial charge in [-0.1, -0.05) is 42.5 Å². The number of nitrogens with one attached hydrogen (secondary N) is 1. The summed E-state index contributed by atoms with van der Waals surface area (Å²) in [6.07, 6.45) is 2.65. The van der Waals surface area contributed by atoms with Gasteiger partial charge in [-0.15, -0.1) is 0 Å². The van der Waals surface area contributed by atoms with Gasteiger partial charge in [-0.05, 0) is 36.1 Å². The summed E-state index contributed by atoms with van der Waals surface area (Å²) in [5.41, 5.74) is 2.15. The Labute approximate surface area is 159 Å². The first-order valence-electron chi connectivity index (χ1n) is 9.43. The summed E-state index contributed by atoms with van der Waals surface area (Å²) >= 11 is 0. The van der Waals surface area contributed by atoms with Crippen LogP contribution >= 0.6 is 0 Å². The molecule has 1 aliphatic heterocycles. The van der Waals surface area contributed by atoms with Gasteiger partial charge in [-0.25, -0.2) is 4.39 Å². The smallest absolute Gasteiger partial charge is 0.223 e. The number of carbonyl (C=O) groups excluding carboxylic acids is 2. The SMILES string of the molecule is O=C(CCCc1ccccc1)NCC1CC(=O)N(Cc2ccc(F)cc2)C1. The molecule has 3 rings (SSSR count). The van der Waals surface area contributed by atoms with Gasteiger partial charge >= 0.3 is 0 Å². The summed E-state index contributed by atoms with van der Waals surface area (Å²) in [4.78, 5) is 26.0. The summed E-state index contributed by atoms with van der Waals surface area (Å²) in [6.45, 7) is 1.64. The lowest BCUT2D eigenvalue weighted by Gasteiger charge is -2.17. The maximum Gasteiger partial charge on any atom is 0.223 e. The quantitative estimate of drug-likeness (QED) is 0.777. The van der Waals surface area contributed by atoms with Gasteiger partial charge in [0.25, 0.3) is 0 Å². The number of rotatable bonds is 8. The summed E-state index contributed by atoms with van der Waals surface area (Å²) in [7, 11) is 0. The van der Waals surface area contributed by atoms with E-state index in [-0.39, 0.29) is 23.5 Å². The van der Waals surface area contributed by atoms with Crippen molar-refractivity contribution in [1.29, 1.82) is 0 Å². The molecule has 5 heteroatoms. The summed E-state index contributed by atoms with van der Waals surface area (Å²) in [6, 6.07) is 16.3. The second kappa shape index (κ2) is 9.31. The standard InChI is InChI=1S/C22H25FN2O2/c23-20-11-9-18(10-12-20)15-25-16-19(13-22(25)27)14-24-21(26)8-4-7-17-5-2-1-3-6-17/h1-3,5-6,9-12,19H,4,7-8,13-16H2,(H,24,26). The van der Waals surface area contributed by atoms with Gasteiger partial charge in [-0.3, -0.25) is 9.59 Å². The van der Waals surface area contributed by atoms with Crippen LogP contribution in [-0.2, 0) is 22.6 Å². The first-order chi connectivity index (χ1) is 13.1. The van der Waals surface area contributed by atoms with Crippen LogP contribution in [0.25, 0.3) is 0 Å². The lowest BCUT2D eigenvalue weighted by molar-refractivity contribution is -0.128. The van der Waals surface area contributed by atoms with Gasteiger partial charge < -0.3 is 10.2 Å². The Hall–Kier alpha value is -2.69. The highest BCUT2D eigenvalue weighted by Gasteiger charge is 2.29. The average molecular weight is 368 g/mol. The molecule has 1 fully saturated rings. The molecule has 0 bridgehead atoms. The maximum atomic E-state index is 13.0. The Kier molecular flexibility index (Phi) is 6.58. The van der Waals surface area contributed by atoms with Crippen molar-refractivity contribution < 1.29 is 14.0 Å². The third kappa shape index (κ3) is 5.91. The zero-order chi connectivity index (χ0) is 19.1. The highest BCUT2D eigenvalue weighted by atomic mass is 19.1. The van der Waals surface area contributed by atoms with E-state index in [9.17, 15) is 14.0 Å². The van der Waals surface area contributed by atoms with Crippen molar-refractivity contribution in [3.05, 3.63) is 71.5 Å². The van der Waals surface area contributed by atoms with E-state index in [0.29, 0.717) is 32.5 Å². The van der Waals surface area contributed by atoms with Crippen LogP contribution in [0.4, 0.5) is 4.39 Å². The molecular formula is C22H25FN2O2. The molecule has 2 aromatic rings. The number of likely N-dealkylation sites (tertiary alicyclic amines) is 1. The summed E-state index contributed by atoms with van der Waals surface area (Å²) in [5, 5.41) is 2.96. The van der Waals surface area contributed by atoms with Gasteiger partial charge in [-0.2, -0.15) is 0 Å². The predicted octanol–water partition coefficient (Wildman–Crippen LogP) is 3.31. The largest absolute Gasteiger partial charge is 0.356 e. The third-order valence-corrected chi connectivity index (χ3v) is 4.88. The molecule has 1 saturated heterocycles. The summed E-state index contributed by atoms with van der Waals surface area (Å²) in [5.74, 6) is -0.0200. The van der Waals surface area contributed by atoms with Crippen LogP contribution in [0.1, 0.15) is 30.4 Å². The third-order valence-electron chi connectivity index (χ3n) is 4.88. The molecule has 1 heterocycles. The molecule has 1 unspecified atom stereocenters. The molecule has 0 aliphatic carbocycles. The zero-order valence-corrected chi connectivity index (χ0v) is 15.4. The Morgan fingerprint density at radius 1 is 1.07 bits per heavy atom. The number of benzene rings is 2. The number of halogens is 1. The maximum absolute atomic E-state index is 13.0. The van der Waals surface area contributed by atoms with Crippen LogP contribution < -0.4 is 5.32 Å². The van der Waals surface area contributed by atoms with E-state index in [1.54, 1.807) is 17.0 Å². The fourth-order valence-electron chi connectivity index (χ4n) is 3.40. The molecule has 0 spiro atoms. The lowest BCUT2D eigenvalue weighted by Crippen LogP contribution is -2.31. The number of carbonyl (C=O) groups is 2. The van der Waals surface area contributed by atoms with E-state index in [1.165, 1.54) is 17.7 Å². The Bertz CT molecular complexity index is 762. The molecular weight excluding hydrogens is 343 g/mol. The molecule has 27 heavy (non-hydrogen) atoms. The Morgan fingerprint density at radius 3 is 2.56 bits per heavy atom. The van der Waals surface area contributed by atoms with Crippen LogP contribution in [0.2, 0.25) is 0 Å². The number of aryl methyl sites for hydroxylation is 1. The normalized spacial score (nSPS) is 16.6. The molecule has 0 aromatic heterocycles. The molecule has 0 saturated carbocycles. The van der Waals surface area contributed by atoms with Crippen LogP contribution in [0.3, 0.4) is 0 Å². The van der Waals surface area contributed by atoms with Crippen molar-refractivity contribution in [2.24, 2.45) is 5.92 Å². The van der Waals surface area contributed by atoms with E-state index in [1.807, 2.05) is 18.2 Å². The van der Waals surface area contributed by atoms with Crippen molar-refractivity contribution in [1.82, 2.24) is 10.2 Å². The van der Waals surface area contributed by atoms with Gasteiger partial charge in [0.15, 0.2) is 0 Å². The van der Waals surface area contributed by atoms with Crippen LogP contribution in [0.15, 0.2) is 54.6 Å². The number of amides is 2. The second-order valence-corrected chi connectivity index (χ2v) is 7.11. The monoisotopic (exact) mass is 368 g/mol. The van der Waals surface area contributed by atoms with E-state index in [0.717, 1.165) is 18.4 Å². The van der Waals surface area contributed by atoms with Gasteiger partial charge in [0.1, 0.15) is 5.82 Å². The fraction of sp³-hybridized carbons (Fsp3) is 0.364. The highest BCUT2D eigenvalue weighted by Crippen LogP contribution is 2.20. The van der Waals surface area contributed by atoms with Crippen molar-refractivity contribution in [3.8, 4) is 0 Å². The first-order valence-corrected chi connectivity index (χ1v) is 9.43. The Morgan fingerprint density at radius 2 is 1.81 bits per heavy atom. The number of hydrogen-bond acceptors (Lipinski definition) is 2. The van der Waals surface area contributed by atoms with E-state index in [4.69, 9.17) is 0 Å². The minimum absolute atomic E-state index is 0.0374. The first kappa shape index (κ1) is 19.1. The topological polar surface area (TPSA) is 49.4 Å². The van der Waals surface area contributed by atoms with Gasteiger partial charge in [0, 0.05) is 38.4 Å². The minimum atomic E-state index is -0.278. The molecule has 0 radical (unpaired) electrons. The van der Waals surface area contributed by atoms with Crippen molar-refractivity contribution in [2.75, 3.05) is 13.1 Å². The highest BCUT2D eigenvalue weighted by molar-refractivity contribution is 5.79. The fourth-order valence-corrected chi connectivity index (χ4v) is 3.40. The van der Waals surface area contributed by atoms with E-state index < -0.39 is 0 Å². The molecule has 1 aliphatic rings. The lowest BCUT2D eigenvalue weighted by atomic mass is 10.1. The van der Waals surface area contributed by atoms with Gasteiger partial charge in [0.2, 0.25) is 11.8 Å². The van der Waals surface area contributed by atoms with E-state index in [2.05, 4.69) is 17.4 Å². The Balaban J connectivity index is 1.36. The minimum Gasteiger partial charge on any atom is -0.356 e. The molecule has 2 aromatic carbocycles. The zero-order valence-electron chi connectivity index (χ0n) is 15.4. The van der Waals surface area contributed by atoms with Crippen molar-refractivity contribution in [3.63, 3.8) is 0 Å². The predicted molar refractivity (Wildman–Crippen MR) is 102 cm³/mol. The average Bonchev–Trinajstić information content (AvgIpc) is 3.02. The number of hydrogen-bond donors (Lipinski definition) is 1. The van der Waals surface area contributed by atoms with Crippen molar-refractivity contribution >= 4 is 11.8 Å². The van der Waals surface area contributed by atoms with Crippen LogP contribution in [0, 0.1) is 11.7 Å². The van der Waals surface area contributed by atoms with Crippen molar-refractivity contribution in [2.45, 2.75) is 32.2 Å². The molecule has 1 N–H and O–H groups in total. The van der Waals surface area contributed by atoms with Crippen LogP contribution in [-0.4, -0.2) is 29.8 Å². The molecule has 2 amide bonds.